The van der Waals surface area contributed by atoms with Crippen molar-refractivity contribution in [1.29, 1.82) is 0 Å². The molecule has 1 nitrogen and oxygen atoms in total. The van der Waals surface area contributed by atoms with Crippen molar-refractivity contribution in [2.75, 3.05) is 6.54 Å². The van der Waals surface area contributed by atoms with Gasteiger partial charge >= 0.3 is 0 Å². The molecular formula is C10H23N. The van der Waals surface area contributed by atoms with Crippen molar-refractivity contribution in [2.45, 2.75) is 52.9 Å². The fourth-order valence-electron chi connectivity index (χ4n) is 1.37. The molecule has 0 aromatic heterocycles. The molecule has 0 spiro atoms. The Balaban J connectivity index is 3.38. The molecule has 2 N–H and O–H groups in total. The van der Waals surface area contributed by atoms with E-state index in [0.29, 0.717) is 5.41 Å². The topological polar surface area (TPSA) is 26.0 Å². The Labute approximate surface area is 71.4 Å². The maximum atomic E-state index is 5.52. The summed E-state index contributed by atoms with van der Waals surface area (Å²) < 4.78 is 0. The van der Waals surface area contributed by atoms with Crippen molar-refractivity contribution in [3.63, 3.8) is 0 Å². The molecule has 0 heterocycles. The van der Waals surface area contributed by atoms with Crippen LogP contribution in [0.4, 0.5) is 0 Å². The van der Waals surface area contributed by atoms with Crippen LogP contribution in [0.1, 0.15) is 52.9 Å². The van der Waals surface area contributed by atoms with E-state index in [2.05, 4.69) is 20.8 Å². The zero-order valence-electron chi connectivity index (χ0n) is 8.32. The van der Waals surface area contributed by atoms with Gasteiger partial charge in [0.15, 0.2) is 0 Å². The van der Waals surface area contributed by atoms with E-state index in [1.165, 1.54) is 25.7 Å². The summed E-state index contributed by atoms with van der Waals surface area (Å²) in [6.45, 7) is 7.71. The number of rotatable bonds is 6. The number of unbranched alkanes of at least 4 members (excludes halogenated alkanes) is 2. The van der Waals surface area contributed by atoms with Crippen molar-refractivity contribution in [3.05, 3.63) is 0 Å². The third-order valence-corrected chi connectivity index (χ3v) is 2.28. The van der Waals surface area contributed by atoms with Gasteiger partial charge in [0.2, 0.25) is 0 Å². The smallest absolute Gasteiger partial charge is 0.00722 e. The standard InChI is InChI=1S/C10H23N/c1-4-5-6-7-10(2,3)8-9-11/h4-9,11H2,1-3H3. The van der Waals surface area contributed by atoms with Gasteiger partial charge in [0.25, 0.3) is 0 Å². The second-order valence-electron chi connectivity index (χ2n) is 4.16. The summed E-state index contributed by atoms with van der Waals surface area (Å²) in [5, 5.41) is 0. The molecule has 0 unspecified atom stereocenters. The first-order chi connectivity index (χ1) is 5.12. The van der Waals surface area contributed by atoms with Crippen LogP contribution in [0.2, 0.25) is 0 Å². The Bertz CT molecular complexity index is 86.9. The molecule has 0 aliphatic heterocycles. The normalized spacial score (nSPS) is 12.0. The second-order valence-corrected chi connectivity index (χ2v) is 4.16. The SMILES string of the molecule is CCCCCC(C)(C)CCN. The molecule has 0 aliphatic rings. The van der Waals surface area contributed by atoms with Crippen LogP contribution in [-0.4, -0.2) is 6.54 Å². The van der Waals surface area contributed by atoms with Crippen LogP contribution >= 0.6 is 0 Å². The average Bonchev–Trinajstić information content (AvgIpc) is 1.87. The molecule has 0 atom stereocenters. The van der Waals surface area contributed by atoms with Gasteiger partial charge in [0, 0.05) is 0 Å². The maximum absolute atomic E-state index is 5.52. The van der Waals surface area contributed by atoms with Gasteiger partial charge in [-0.15, -0.1) is 0 Å². The predicted molar refractivity (Wildman–Crippen MR) is 51.6 cm³/mol. The predicted octanol–water partition coefficient (Wildman–Crippen LogP) is 2.94. The summed E-state index contributed by atoms with van der Waals surface area (Å²) >= 11 is 0. The Morgan fingerprint density at radius 1 is 1.09 bits per heavy atom. The van der Waals surface area contributed by atoms with Crippen LogP contribution in [0.25, 0.3) is 0 Å². The lowest BCUT2D eigenvalue weighted by molar-refractivity contribution is 0.300. The van der Waals surface area contributed by atoms with Gasteiger partial charge in [-0.3, -0.25) is 0 Å². The molecule has 0 aliphatic carbocycles. The lowest BCUT2D eigenvalue weighted by Crippen LogP contribution is -2.16. The average molecular weight is 157 g/mol. The molecule has 0 fully saturated rings. The summed E-state index contributed by atoms with van der Waals surface area (Å²) in [5.74, 6) is 0. The highest BCUT2D eigenvalue weighted by Gasteiger charge is 2.15. The summed E-state index contributed by atoms with van der Waals surface area (Å²) in [6.07, 6.45) is 6.55. The van der Waals surface area contributed by atoms with Gasteiger partial charge < -0.3 is 5.73 Å². The third kappa shape index (κ3) is 6.36. The quantitative estimate of drug-likeness (QED) is 0.589. The van der Waals surface area contributed by atoms with E-state index in [0.717, 1.165) is 13.0 Å². The van der Waals surface area contributed by atoms with E-state index < -0.39 is 0 Å². The Hall–Kier alpha value is -0.0400. The van der Waals surface area contributed by atoms with Crippen LogP contribution < -0.4 is 5.73 Å². The molecule has 0 rings (SSSR count). The van der Waals surface area contributed by atoms with Gasteiger partial charge in [-0.2, -0.15) is 0 Å². The van der Waals surface area contributed by atoms with E-state index in [1.807, 2.05) is 0 Å². The number of nitrogens with two attached hydrogens (primary N) is 1. The van der Waals surface area contributed by atoms with Crippen molar-refractivity contribution in [1.82, 2.24) is 0 Å². The highest BCUT2D eigenvalue weighted by molar-refractivity contribution is 4.68. The van der Waals surface area contributed by atoms with E-state index >= 15 is 0 Å². The summed E-state index contributed by atoms with van der Waals surface area (Å²) in [4.78, 5) is 0. The van der Waals surface area contributed by atoms with Gasteiger partial charge in [-0.25, -0.2) is 0 Å². The first-order valence-electron chi connectivity index (χ1n) is 4.82. The minimum atomic E-state index is 0.476. The van der Waals surface area contributed by atoms with E-state index in [9.17, 15) is 0 Å². The summed E-state index contributed by atoms with van der Waals surface area (Å²) in [7, 11) is 0. The molecule has 0 radical (unpaired) electrons. The molecule has 0 aromatic rings. The molecule has 0 saturated heterocycles. The monoisotopic (exact) mass is 157 g/mol. The number of hydrogen-bond donors (Lipinski definition) is 1. The number of hydrogen-bond acceptors (Lipinski definition) is 1. The summed E-state index contributed by atoms with van der Waals surface area (Å²) in [5.41, 5.74) is 5.99. The minimum absolute atomic E-state index is 0.476. The second kappa shape index (κ2) is 5.59. The van der Waals surface area contributed by atoms with E-state index in [4.69, 9.17) is 5.73 Å². The Morgan fingerprint density at radius 2 is 1.73 bits per heavy atom. The fourth-order valence-corrected chi connectivity index (χ4v) is 1.37. The maximum Gasteiger partial charge on any atom is -0.00722 e. The molecule has 1 heteroatoms. The van der Waals surface area contributed by atoms with Crippen LogP contribution in [0, 0.1) is 5.41 Å². The summed E-state index contributed by atoms with van der Waals surface area (Å²) in [6, 6.07) is 0. The van der Waals surface area contributed by atoms with Gasteiger partial charge in [-0.05, 0) is 24.8 Å². The van der Waals surface area contributed by atoms with Crippen molar-refractivity contribution < 1.29 is 0 Å². The van der Waals surface area contributed by atoms with Crippen molar-refractivity contribution in [3.8, 4) is 0 Å². The molecule has 0 amide bonds. The highest BCUT2D eigenvalue weighted by atomic mass is 14.5. The minimum Gasteiger partial charge on any atom is -0.330 e. The molecular weight excluding hydrogens is 134 g/mol. The molecule has 0 aromatic carbocycles. The lowest BCUT2D eigenvalue weighted by Gasteiger charge is -2.23. The first-order valence-corrected chi connectivity index (χ1v) is 4.82. The van der Waals surface area contributed by atoms with E-state index in [-0.39, 0.29) is 0 Å². The zero-order valence-corrected chi connectivity index (χ0v) is 8.32. The van der Waals surface area contributed by atoms with Crippen molar-refractivity contribution >= 4 is 0 Å². The van der Waals surface area contributed by atoms with Gasteiger partial charge in [0.05, 0.1) is 0 Å². The van der Waals surface area contributed by atoms with Crippen LogP contribution in [0.5, 0.6) is 0 Å². The van der Waals surface area contributed by atoms with Crippen LogP contribution in [-0.2, 0) is 0 Å². The first kappa shape index (κ1) is 11.0. The zero-order chi connectivity index (χ0) is 8.74. The third-order valence-electron chi connectivity index (χ3n) is 2.28. The lowest BCUT2D eigenvalue weighted by atomic mass is 9.84. The van der Waals surface area contributed by atoms with Crippen LogP contribution in [0.3, 0.4) is 0 Å². The molecule has 68 valence electrons. The highest BCUT2D eigenvalue weighted by Crippen LogP contribution is 2.26. The molecule has 11 heavy (non-hydrogen) atoms. The Kier molecular flexibility index (Phi) is 5.57. The fraction of sp³-hybridized carbons (Fsp3) is 1.00. The largest absolute Gasteiger partial charge is 0.330 e. The molecule has 0 saturated carbocycles. The van der Waals surface area contributed by atoms with Crippen molar-refractivity contribution in [2.24, 2.45) is 11.1 Å². The van der Waals surface area contributed by atoms with Gasteiger partial charge in [0.1, 0.15) is 0 Å². The molecule has 0 bridgehead atoms. The van der Waals surface area contributed by atoms with E-state index in [1.54, 1.807) is 0 Å². The van der Waals surface area contributed by atoms with Crippen LogP contribution in [0.15, 0.2) is 0 Å². The Morgan fingerprint density at radius 3 is 2.18 bits per heavy atom. The van der Waals surface area contributed by atoms with Gasteiger partial charge in [-0.1, -0.05) is 40.0 Å².